The number of hydrogen-bond acceptors (Lipinski definition) is 6. The van der Waals surface area contributed by atoms with Gasteiger partial charge in [-0.25, -0.2) is 0 Å². The topological polar surface area (TPSA) is 108 Å². The molecular weight excluding hydrogens is 296 g/mol. The van der Waals surface area contributed by atoms with Crippen LogP contribution in [-0.4, -0.2) is 37.7 Å². The van der Waals surface area contributed by atoms with Gasteiger partial charge in [0.25, 0.3) is 0 Å². The smallest absolute Gasteiger partial charge is 0.384 e. The molecule has 1 N–H and O–H groups in total. The van der Waals surface area contributed by atoms with Crippen LogP contribution >= 0.6 is 0 Å². The number of carbonyl (C=O) groups is 1. The van der Waals surface area contributed by atoms with Crippen LogP contribution in [0.4, 0.5) is 0 Å². The summed E-state index contributed by atoms with van der Waals surface area (Å²) >= 11 is 0. The number of nitrogens with zero attached hydrogens (tertiary/aromatic N) is 2. The fraction of sp³-hybridized carbons (Fsp3) is 0.231. The van der Waals surface area contributed by atoms with Crippen molar-refractivity contribution in [2.75, 3.05) is 14.1 Å². The molecule has 0 bridgehead atoms. The van der Waals surface area contributed by atoms with Crippen molar-refractivity contribution in [2.45, 2.75) is 6.92 Å². The van der Waals surface area contributed by atoms with E-state index in [9.17, 15) is 18.3 Å². The minimum atomic E-state index is -4.02. The number of nitriles is 1. The van der Waals surface area contributed by atoms with E-state index in [1.165, 1.54) is 45.3 Å². The molecule has 0 aliphatic rings. The van der Waals surface area contributed by atoms with E-state index in [1.54, 1.807) is 6.07 Å². The van der Waals surface area contributed by atoms with Crippen molar-refractivity contribution in [3.05, 3.63) is 29.3 Å². The molecule has 0 amide bonds. The minimum Gasteiger partial charge on any atom is -0.504 e. The molecule has 0 aliphatic carbocycles. The lowest BCUT2D eigenvalue weighted by atomic mass is 10.1. The standard InChI is InChI=1S/C13H14N2O5S/c1-9(16)11(8-14)6-10-4-5-12(17)13(7-10)20-21(18,19)15(2)3/h4-7,17H,1-3H3/b11-6+. The van der Waals surface area contributed by atoms with Crippen LogP contribution in [0.3, 0.4) is 0 Å². The molecule has 1 aromatic rings. The summed E-state index contributed by atoms with van der Waals surface area (Å²) in [5.41, 5.74) is 0.255. The van der Waals surface area contributed by atoms with Crippen molar-refractivity contribution >= 4 is 22.2 Å². The summed E-state index contributed by atoms with van der Waals surface area (Å²) in [7, 11) is -1.47. The van der Waals surface area contributed by atoms with E-state index in [2.05, 4.69) is 0 Å². The van der Waals surface area contributed by atoms with Crippen molar-refractivity contribution in [1.29, 1.82) is 5.26 Å². The summed E-state index contributed by atoms with van der Waals surface area (Å²) in [6, 6.07) is 5.58. The Balaban J connectivity index is 3.24. The number of allylic oxidation sites excluding steroid dienone is 1. The second-order valence-corrected chi connectivity index (χ2v) is 6.03. The highest BCUT2D eigenvalue weighted by molar-refractivity contribution is 7.84. The number of rotatable bonds is 5. The second-order valence-electron chi connectivity index (χ2n) is 4.28. The van der Waals surface area contributed by atoms with Gasteiger partial charge in [0.05, 0.1) is 5.57 Å². The predicted molar refractivity (Wildman–Crippen MR) is 75.6 cm³/mol. The molecule has 0 spiro atoms. The zero-order valence-corrected chi connectivity index (χ0v) is 12.5. The Morgan fingerprint density at radius 3 is 2.52 bits per heavy atom. The van der Waals surface area contributed by atoms with Gasteiger partial charge in [0.2, 0.25) is 0 Å². The quantitative estimate of drug-likeness (QED) is 0.644. The molecule has 8 heteroatoms. The molecule has 0 radical (unpaired) electrons. The first-order valence-corrected chi connectivity index (χ1v) is 7.11. The largest absolute Gasteiger partial charge is 0.504 e. The molecule has 1 rings (SSSR count). The van der Waals surface area contributed by atoms with Gasteiger partial charge in [-0.2, -0.15) is 18.0 Å². The summed E-state index contributed by atoms with van der Waals surface area (Å²) in [6.45, 7) is 1.24. The van der Waals surface area contributed by atoms with Gasteiger partial charge >= 0.3 is 10.3 Å². The van der Waals surface area contributed by atoms with E-state index >= 15 is 0 Å². The van der Waals surface area contributed by atoms with Crippen LogP contribution in [-0.2, 0) is 15.1 Å². The zero-order chi connectivity index (χ0) is 16.2. The SMILES string of the molecule is CC(=O)/C(C#N)=C/c1ccc(O)c(OS(=O)(=O)N(C)C)c1. The normalized spacial score (nSPS) is 12.0. The maximum atomic E-state index is 11.6. The van der Waals surface area contributed by atoms with Gasteiger partial charge in [-0.1, -0.05) is 6.07 Å². The van der Waals surface area contributed by atoms with E-state index in [4.69, 9.17) is 9.44 Å². The summed E-state index contributed by atoms with van der Waals surface area (Å²) in [5.74, 6) is -1.09. The first-order chi connectivity index (χ1) is 9.67. The van der Waals surface area contributed by atoms with Gasteiger partial charge in [0, 0.05) is 14.1 Å². The predicted octanol–water partition coefficient (Wildman–Crippen LogP) is 1.07. The molecule has 0 fully saturated rings. The van der Waals surface area contributed by atoms with Crippen molar-refractivity contribution in [3.8, 4) is 17.6 Å². The van der Waals surface area contributed by atoms with Crippen LogP contribution < -0.4 is 4.18 Å². The highest BCUT2D eigenvalue weighted by Crippen LogP contribution is 2.29. The van der Waals surface area contributed by atoms with E-state index in [0.717, 1.165) is 4.31 Å². The minimum absolute atomic E-state index is 0.0953. The maximum Gasteiger partial charge on any atom is 0.384 e. The Morgan fingerprint density at radius 2 is 2.05 bits per heavy atom. The molecule has 1 aromatic carbocycles. The summed E-state index contributed by atoms with van der Waals surface area (Å²) in [4.78, 5) is 11.2. The number of aromatic hydroxyl groups is 1. The lowest BCUT2D eigenvalue weighted by molar-refractivity contribution is -0.113. The van der Waals surface area contributed by atoms with Gasteiger partial charge in [-0.15, -0.1) is 0 Å². The maximum absolute atomic E-state index is 11.6. The Labute approximate surface area is 122 Å². The number of ketones is 1. The second kappa shape index (κ2) is 6.39. The molecule has 0 aromatic heterocycles. The zero-order valence-electron chi connectivity index (χ0n) is 11.7. The van der Waals surface area contributed by atoms with E-state index in [1.807, 2.05) is 0 Å². The number of phenols is 1. The van der Waals surface area contributed by atoms with Gasteiger partial charge in [0.15, 0.2) is 17.3 Å². The highest BCUT2D eigenvalue weighted by Gasteiger charge is 2.18. The van der Waals surface area contributed by atoms with Gasteiger partial charge in [-0.3, -0.25) is 4.79 Å². The number of phenolic OH excluding ortho intramolecular Hbond substituents is 1. The van der Waals surface area contributed by atoms with E-state index in [-0.39, 0.29) is 17.1 Å². The Bertz CT molecular complexity index is 729. The molecule has 0 saturated heterocycles. The third-order valence-electron chi connectivity index (χ3n) is 2.44. The molecule has 7 nitrogen and oxygen atoms in total. The van der Waals surface area contributed by atoms with Crippen molar-refractivity contribution in [1.82, 2.24) is 4.31 Å². The van der Waals surface area contributed by atoms with Crippen molar-refractivity contribution in [2.24, 2.45) is 0 Å². The molecular formula is C13H14N2O5S. The summed E-state index contributed by atoms with van der Waals surface area (Å²) in [6.07, 6.45) is 1.27. The molecule has 21 heavy (non-hydrogen) atoms. The first kappa shape index (κ1) is 16.7. The van der Waals surface area contributed by atoms with Crippen molar-refractivity contribution < 1.29 is 22.5 Å². The molecule has 0 atom stereocenters. The third-order valence-corrected chi connectivity index (χ3v) is 3.72. The van der Waals surface area contributed by atoms with Crippen LogP contribution in [0.5, 0.6) is 11.5 Å². The first-order valence-electron chi connectivity index (χ1n) is 5.75. The summed E-state index contributed by atoms with van der Waals surface area (Å²) in [5, 5.41) is 18.4. The summed E-state index contributed by atoms with van der Waals surface area (Å²) < 4.78 is 28.8. The van der Waals surface area contributed by atoms with Crippen LogP contribution in [0.25, 0.3) is 6.08 Å². The third kappa shape index (κ3) is 4.30. The van der Waals surface area contributed by atoms with Crippen molar-refractivity contribution in [3.63, 3.8) is 0 Å². The average molecular weight is 310 g/mol. The monoisotopic (exact) mass is 310 g/mol. The molecule has 0 unspecified atom stereocenters. The Morgan fingerprint density at radius 1 is 1.43 bits per heavy atom. The number of carbonyl (C=O) groups excluding carboxylic acids is 1. The average Bonchev–Trinajstić information content (AvgIpc) is 2.38. The fourth-order valence-corrected chi connectivity index (χ4v) is 1.76. The molecule has 112 valence electrons. The molecule has 0 heterocycles. The fourth-order valence-electron chi connectivity index (χ4n) is 1.25. The van der Waals surface area contributed by atoms with Gasteiger partial charge in [0.1, 0.15) is 6.07 Å². The Hall–Kier alpha value is -2.37. The number of hydrogen-bond donors (Lipinski definition) is 1. The van der Waals surface area contributed by atoms with Gasteiger partial charge in [-0.05, 0) is 30.7 Å². The highest BCUT2D eigenvalue weighted by atomic mass is 32.2. The van der Waals surface area contributed by atoms with E-state index in [0.29, 0.717) is 5.56 Å². The lowest BCUT2D eigenvalue weighted by Gasteiger charge is -2.13. The van der Waals surface area contributed by atoms with Crippen LogP contribution in [0, 0.1) is 11.3 Å². The van der Waals surface area contributed by atoms with Crippen LogP contribution in [0.1, 0.15) is 12.5 Å². The van der Waals surface area contributed by atoms with Crippen LogP contribution in [0.15, 0.2) is 23.8 Å². The van der Waals surface area contributed by atoms with Gasteiger partial charge < -0.3 is 9.29 Å². The number of Topliss-reactive ketones (excluding diaryl/α,β-unsaturated/α-hetero) is 1. The van der Waals surface area contributed by atoms with E-state index < -0.39 is 16.1 Å². The molecule has 0 aliphatic heterocycles. The number of benzene rings is 1. The van der Waals surface area contributed by atoms with Crippen LogP contribution in [0.2, 0.25) is 0 Å². The lowest BCUT2D eigenvalue weighted by Crippen LogP contribution is -2.27. The Kier molecular flexibility index (Phi) is 5.07. The molecule has 0 saturated carbocycles.